The lowest BCUT2D eigenvalue weighted by atomic mass is 9.81. The van der Waals surface area contributed by atoms with Crippen molar-refractivity contribution in [2.75, 3.05) is 6.61 Å². The van der Waals surface area contributed by atoms with Crippen molar-refractivity contribution in [3.8, 4) is 0 Å². The molecule has 4 N–H and O–H groups in total. The number of ether oxygens (including phenoxy) is 1. The topological polar surface area (TPSA) is 90.2 Å². The summed E-state index contributed by atoms with van der Waals surface area (Å²) in [6.07, 6.45) is -3.70. The first-order valence-electron chi connectivity index (χ1n) is 5.59. The van der Waals surface area contributed by atoms with Crippen LogP contribution in [0.4, 0.5) is 0 Å². The lowest BCUT2D eigenvalue weighted by molar-refractivity contribution is -0.202. The normalized spacial score (nSPS) is 41.1. The predicted molar refractivity (Wildman–Crippen MR) is 57.8 cm³/mol. The molecule has 0 aromatic heterocycles. The molecule has 5 atom stereocenters. The number of hydrogen-bond acceptors (Lipinski definition) is 5. The average Bonchev–Trinajstić information content (AvgIpc) is 2.17. The molecule has 0 aliphatic heterocycles. The van der Waals surface area contributed by atoms with Gasteiger partial charge in [-0.25, -0.2) is 0 Å². The van der Waals surface area contributed by atoms with Gasteiger partial charge in [-0.15, -0.1) is 0 Å². The van der Waals surface area contributed by atoms with Crippen LogP contribution >= 0.6 is 0 Å². The molecule has 0 radical (unpaired) electrons. The zero-order valence-electron chi connectivity index (χ0n) is 10.00. The van der Waals surface area contributed by atoms with Crippen molar-refractivity contribution in [1.29, 1.82) is 0 Å². The maximum Gasteiger partial charge on any atom is 0.109 e. The summed E-state index contributed by atoms with van der Waals surface area (Å²) in [6.45, 7) is 5.33. The van der Waals surface area contributed by atoms with E-state index in [-0.39, 0.29) is 6.61 Å². The van der Waals surface area contributed by atoms with Crippen LogP contribution in [0.5, 0.6) is 0 Å². The fraction of sp³-hybridized carbons (Fsp3) is 1.00. The monoisotopic (exact) mass is 234 g/mol. The van der Waals surface area contributed by atoms with E-state index in [2.05, 4.69) is 0 Å². The molecule has 0 spiro atoms. The predicted octanol–water partition coefficient (Wildman–Crippen LogP) is -0.735. The van der Waals surface area contributed by atoms with Gasteiger partial charge in [0.1, 0.15) is 12.2 Å². The molecule has 0 aromatic carbocycles. The van der Waals surface area contributed by atoms with E-state index in [9.17, 15) is 15.3 Å². The Morgan fingerprint density at radius 1 is 1.06 bits per heavy atom. The second-order valence-corrected chi connectivity index (χ2v) is 5.42. The Morgan fingerprint density at radius 2 is 1.62 bits per heavy atom. The summed E-state index contributed by atoms with van der Waals surface area (Å²) >= 11 is 0. The van der Waals surface area contributed by atoms with Gasteiger partial charge in [-0.05, 0) is 27.2 Å². The highest BCUT2D eigenvalue weighted by atomic mass is 16.5. The van der Waals surface area contributed by atoms with Gasteiger partial charge in [0.2, 0.25) is 0 Å². The highest BCUT2D eigenvalue weighted by Crippen LogP contribution is 2.30. The van der Waals surface area contributed by atoms with Crippen LogP contribution in [-0.2, 0) is 4.74 Å². The molecule has 96 valence electrons. The second-order valence-electron chi connectivity index (χ2n) is 5.42. The molecule has 16 heavy (non-hydrogen) atoms. The Balaban J connectivity index is 2.71. The van der Waals surface area contributed by atoms with E-state index in [1.54, 1.807) is 0 Å². The molecular formula is C11H22O5. The summed E-state index contributed by atoms with van der Waals surface area (Å²) in [7, 11) is 0. The highest BCUT2D eigenvalue weighted by molar-refractivity contribution is 4.93. The third kappa shape index (κ3) is 3.15. The van der Waals surface area contributed by atoms with Gasteiger partial charge < -0.3 is 25.2 Å². The van der Waals surface area contributed by atoms with Crippen LogP contribution in [-0.4, -0.2) is 57.0 Å². The standard InChI is InChI=1S/C11H22O5/c1-11(2,3)16-7-4-6(5-12)8(13)10(15)9(7)14/h6-10,12-15H,4-5H2,1-3H3/t6-,7-,8-,9+,10+/m1/s1. The zero-order valence-corrected chi connectivity index (χ0v) is 10.00. The highest BCUT2D eigenvalue weighted by Gasteiger charge is 2.43. The largest absolute Gasteiger partial charge is 0.396 e. The van der Waals surface area contributed by atoms with Crippen molar-refractivity contribution in [2.24, 2.45) is 5.92 Å². The van der Waals surface area contributed by atoms with E-state index in [0.717, 1.165) is 0 Å². The van der Waals surface area contributed by atoms with Gasteiger partial charge in [0.15, 0.2) is 0 Å². The molecule has 0 saturated heterocycles. The molecule has 1 aliphatic carbocycles. The maximum atomic E-state index is 9.77. The molecule has 0 aromatic rings. The van der Waals surface area contributed by atoms with E-state index >= 15 is 0 Å². The van der Waals surface area contributed by atoms with Gasteiger partial charge in [0.05, 0.1) is 17.8 Å². The lowest BCUT2D eigenvalue weighted by Gasteiger charge is -2.42. The van der Waals surface area contributed by atoms with Crippen molar-refractivity contribution in [1.82, 2.24) is 0 Å². The average molecular weight is 234 g/mol. The van der Waals surface area contributed by atoms with Gasteiger partial charge in [0, 0.05) is 12.5 Å². The lowest BCUT2D eigenvalue weighted by Crippen LogP contribution is -2.56. The summed E-state index contributed by atoms with van der Waals surface area (Å²) in [4.78, 5) is 0. The summed E-state index contributed by atoms with van der Waals surface area (Å²) in [6, 6.07) is 0. The molecule has 0 unspecified atom stereocenters. The molecule has 1 saturated carbocycles. The number of hydrogen-bond donors (Lipinski definition) is 4. The molecular weight excluding hydrogens is 212 g/mol. The molecule has 0 heterocycles. The third-order valence-corrected chi connectivity index (χ3v) is 2.84. The van der Waals surface area contributed by atoms with E-state index in [4.69, 9.17) is 9.84 Å². The zero-order chi connectivity index (χ0) is 12.5. The molecule has 0 amide bonds. The van der Waals surface area contributed by atoms with Crippen molar-refractivity contribution in [3.63, 3.8) is 0 Å². The van der Waals surface area contributed by atoms with Crippen molar-refractivity contribution < 1.29 is 25.2 Å². The van der Waals surface area contributed by atoms with E-state index in [1.807, 2.05) is 20.8 Å². The number of rotatable bonds is 2. The third-order valence-electron chi connectivity index (χ3n) is 2.84. The van der Waals surface area contributed by atoms with Crippen LogP contribution in [0.2, 0.25) is 0 Å². The van der Waals surface area contributed by atoms with Gasteiger partial charge in [-0.2, -0.15) is 0 Å². The van der Waals surface area contributed by atoms with Crippen LogP contribution in [0.3, 0.4) is 0 Å². The first-order valence-corrected chi connectivity index (χ1v) is 5.59. The van der Waals surface area contributed by atoms with Gasteiger partial charge >= 0.3 is 0 Å². The first kappa shape index (κ1) is 13.9. The fourth-order valence-electron chi connectivity index (χ4n) is 2.03. The number of aliphatic hydroxyl groups excluding tert-OH is 4. The van der Waals surface area contributed by atoms with Crippen LogP contribution in [0.15, 0.2) is 0 Å². The Kier molecular flexibility index (Phi) is 4.31. The maximum absolute atomic E-state index is 9.77. The van der Waals surface area contributed by atoms with Gasteiger partial charge in [0.25, 0.3) is 0 Å². The molecule has 5 heteroatoms. The first-order chi connectivity index (χ1) is 7.26. The molecule has 1 rings (SSSR count). The SMILES string of the molecule is CC(C)(C)O[C@@H]1C[C@H](CO)[C@@H](O)[C@H](O)[C@H]1O. The van der Waals surface area contributed by atoms with Crippen molar-refractivity contribution in [3.05, 3.63) is 0 Å². The Hall–Kier alpha value is -0.200. The van der Waals surface area contributed by atoms with E-state index in [0.29, 0.717) is 6.42 Å². The Labute approximate surface area is 95.7 Å². The molecule has 5 nitrogen and oxygen atoms in total. The minimum absolute atomic E-state index is 0.227. The molecule has 0 bridgehead atoms. The van der Waals surface area contributed by atoms with E-state index in [1.165, 1.54) is 0 Å². The van der Waals surface area contributed by atoms with Gasteiger partial charge in [-0.1, -0.05) is 0 Å². The fourth-order valence-corrected chi connectivity index (χ4v) is 2.03. The Bertz CT molecular complexity index is 223. The summed E-state index contributed by atoms with van der Waals surface area (Å²) < 4.78 is 5.61. The Morgan fingerprint density at radius 3 is 2.06 bits per heavy atom. The van der Waals surface area contributed by atoms with Crippen molar-refractivity contribution >= 4 is 0 Å². The van der Waals surface area contributed by atoms with E-state index < -0.39 is 35.9 Å². The smallest absolute Gasteiger partial charge is 0.109 e. The summed E-state index contributed by atoms with van der Waals surface area (Å²) in [5.41, 5.74) is -0.437. The summed E-state index contributed by atoms with van der Waals surface area (Å²) in [5, 5.41) is 38.1. The molecule has 1 fully saturated rings. The van der Waals surface area contributed by atoms with Crippen LogP contribution in [0.25, 0.3) is 0 Å². The van der Waals surface area contributed by atoms with Gasteiger partial charge in [-0.3, -0.25) is 0 Å². The van der Waals surface area contributed by atoms with Crippen LogP contribution in [0, 0.1) is 5.92 Å². The second kappa shape index (κ2) is 4.98. The molecule has 1 aliphatic rings. The minimum atomic E-state index is -1.27. The quantitative estimate of drug-likeness (QED) is 0.505. The minimum Gasteiger partial charge on any atom is -0.396 e. The van der Waals surface area contributed by atoms with Crippen molar-refractivity contribution in [2.45, 2.75) is 57.2 Å². The van der Waals surface area contributed by atoms with Crippen LogP contribution < -0.4 is 0 Å². The summed E-state index contributed by atoms with van der Waals surface area (Å²) in [5.74, 6) is -0.453. The number of aliphatic hydroxyl groups is 4. The van der Waals surface area contributed by atoms with Crippen LogP contribution in [0.1, 0.15) is 27.2 Å².